The largest absolute Gasteiger partial charge is 0.489 e. The quantitative estimate of drug-likeness (QED) is 0.289. The Hall–Kier alpha value is -3.83. The van der Waals surface area contributed by atoms with Crippen LogP contribution in [0.5, 0.6) is 5.75 Å². The van der Waals surface area contributed by atoms with E-state index in [4.69, 9.17) is 4.74 Å². The highest BCUT2D eigenvalue weighted by molar-refractivity contribution is 8.18. The number of carbonyl (C=O) groups is 2. The number of thioether (sulfide) groups is 1. The highest BCUT2D eigenvalue weighted by Gasteiger charge is 2.35. The number of ether oxygens (including phenoxy) is 1. The van der Waals surface area contributed by atoms with Crippen LogP contribution in [0.3, 0.4) is 0 Å². The Balaban J connectivity index is 1.25. The molecule has 2 amide bonds. The van der Waals surface area contributed by atoms with Crippen molar-refractivity contribution in [3.05, 3.63) is 118 Å². The molecule has 34 heavy (non-hydrogen) atoms. The van der Waals surface area contributed by atoms with Crippen molar-refractivity contribution >= 4 is 39.8 Å². The van der Waals surface area contributed by atoms with E-state index in [0.29, 0.717) is 11.5 Å². The van der Waals surface area contributed by atoms with Gasteiger partial charge in [-0.3, -0.25) is 14.5 Å². The molecule has 0 saturated carbocycles. The minimum atomic E-state index is -0.261. The number of nitrogens with zero attached hydrogens (tertiary/aromatic N) is 1. The van der Waals surface area contributed by atoms with Crippen molar-refractivity contribution in [1.29, 1.82) is 0 Å². The van der Waals surface area contributed by atoms with Crippen molar-refractivity contribution in [2.45, 2.75) is 20.1 Å². The average molecular weight is 466 g/mol. The smallest absolute Gasteiger partial charge is 0.293 e. The summed E-state index contributed by atoms with van der Waals surface area (Å²) < 4.78 is 5.85. The zero-order valence-electron chi connectivity index (χ0n) is 18.7. The van der Waals surface area contributed by atoms with Crippen molar-refractivity contribution in [1.82, 2.24) is 4.90 Å². The first-order valence-corrected chi connectivity index (χ1v) is 11.9. The summed E-state index contributed by atoms with van der Waals surface area (Å²) >= 11 is 0.980. The third-order valence-electron chi connectivity index (χ3n) is 5.73. The first kappa shape index (κ1) is 22.0. The minimum absolute atomic E-state index is 0.248. The lowest BCUT2D eigenvalue weighted by molar-refractivity contribution is -0.123. The van der Waals surface area contributed by atoms with E-state index < -0.39 is 0 Å². The van der Waals surface area contributed by atoms with Gasteiger partial charge in [0.1, 0.15) is 12.4 Å². The van der Waals surface area contributed by atoms with Gasteiger partial charge < -0.3 is 4.74 Å². The summed E-state index contributed by atoms with van der Waals surface area (Å²) in [6, 6.07) is 29.8. The number of carbonyl (C=O) groups excluding carboxylic acids is 2. The second-order valence-electron chi connectivity index (χ2n) is 8.29. The molecule has 168 valence electrons. The molecule has 1 aliphatic heterocycles. The first-order chi connectivity index (χ1) is 16.5. The van der Waals surface area contributed by atoms with E-state index in [-0.39, 0.29) is 17.7 Å². The van der Waals surface area contributed by atoms with Gasteiger partial charge in [-0.15, -0.1) is 0 Å². The van der Waals surface area contributed by atoms with Gasteiger partial charge in [0.25, 0.3) is 11.1 Å². The predicted octanol–water partition coefficient (Wildman–Crippen LogP) is 6.96. The Morgan fingerprint density at radius 2 is 1.53 bits per heavy atom. The van der Waals surface area contributed by atoms with Gasteiger partial charge in [-0.05, 0) is 70.4 Å². The normalized spacial score (nSPS) is 14.9. The zero-order chi connectivity index (χ0) is 23.5. The fourth-order valence-corrected chi connectivity index (χ4v) is 4.66. The maximum absolute atomic E-state index is 12.9. The maximum atomic E-state index is 12.9. The standard InChI is InChI=1S/C29H23NO3S/c1-20-6-8-22(9-7-20)19-33-26-14-11-21(12-15-26)17-27-28(31)30(29(32)34-27)18-23-10-13-24-4-2-3-5-25(24)16-23/h2-17H,18-19H2,1H3/b27-17-. The summed E-state index contributed by atoms with van der Waals surface area (Å²) in [5.41, 5.74) is 4.10. The van der Waals surface area contributed by atoms with E-state index in [2.05, 4.69) is 31.2 Å². The van der Waals surface area contributed by atoms with Gasteiger partial charge in [-0.25, -0.2) is 0 Å². The predicted molar refractivity (Wildman–Crippen MR) is 137 cm³/mol. The minimum Gasteiger partial charge on any atom is -0.489 e. The monoisotopic (exact) mass is 465 g/mol. The lowest BCUT2D eigenvalue weighted by atomic mass is 10.1. The molecule has 0 N–H and O–H groups in total. The summed E-state index contributed by atoms with van der Waals surface area (Å²) in [6.07, 6.45) is 1.76. The Morgan fingerprint density at radius 1 is 0.824 bits per heavy atom. The van der Waals surface area contributed by atoms with Crippen molar-refractivity contribution < 1.29 is 14.3 Å². The second-order valence-corrected chi connectivity index (χ2v) is 9.29. The van der Waals surface area contributed by atoms with Crippen LogP contribution in [0, 0.1) is 6.92 Å². The molecular weight excluding hydrogens is 442 g/mol. The first-order valence-electron chi connectivity index (χ1n) is 11.1. The van der Waals surface area contributed by atoms with Gasteiger partial charge in [0.15, 0.2) is 0 Å². The summed E-state index contributed by atoms with van der Waals surface area (Å²) in [5.74, 6) is 0.491. The summed E-state index contributed by atoms with van der Waals surface area (Å²) in [7, 11) is 0. The van der Waals surface area contributed by atoms with Gasteiger partial charge in [0.2, 0.25) is 0 Å². The van der Waals surface area contributed by atoms with E-state index in [1.165, 1.54) is 10.5 Å². The zero-order valence-corrected chi connectivity index (χ0v) is 19.5. The molecule has 4 aromatic rings. The highest BCUT2D eigenvalue weighted by atomic mass is 32.2. The van der Waals surface area contributed by atoms with Crippen molar-refractivity contribution in [2.75, 3.05) is 0 Å². The molecule has 0 unspecified atom stereocenters. The molecule has 1 saturated heterocycles. The van der Waals surface area contributed by atoms with Crippen LogP contribution >= 0.6 is 11.8 Å². The Labute approximate surface area is 202 Å². The van der Waals surface area contributed by atoms with Crippen LogP contribution in [-0.2, 0) is 17.9 Å². The van der Waals surface area contributed by atoms with E-state index in [9.17, 15) is 9.59 Å². The number of rotatable bonds is 6. The van der Waals surface area contributed by atoms with Gasteiger partial charge in [-0.2, -0.15) is 0 Å². The summed E-state index contributed by atoms with van der Waals surface area (Å²) in [4.78, 5) is 27.2. The molecule has 4 aromatic carbocycles. The van der Waals surface area contributed by atoms with E-state index >= 15 is 0 Å². The van der Waals surface area contributed by atoms with Crippen LogP contribution < -0.4 is 4.74 Å². The third-order valence-corrected chi connectivity index (χ3v) is 6.64. The number of fused-ring (bicyclic) bond motifs is 1. The number of aryl methyl sites for hydroxylation is 1. The molecule has 5 heteroatoms. The number of imide groups is 1. The molecular formula is C29H23NO3S. The third kappa shape index (κ3) is 4.90. The van der Waals surface area contributed by atoms with Crippen LogP contribution in [0.4, 0.5) is 4.79 Å². The molecule has 0 bridgehead atoms. The van der Waals surface area contributed by atoms with Crippen LogP contribution in [0.1, 0.15) is 22.3 Å². The summed E-state index contributed by atoms with van der Waals surface area (Å²) in [5, 5.41) is 1.97. The fourth-order valence-electron chi connectivity index (χ4n) is 3.82. The SMILES string of the molecule is Cc1ccc(COc2ccc(/C=C3\SC(=O)N(Cc4ccc5ccccc5c4)C3=O)cc2)cc1. The Bertz CT molecular complexity index is 1390. The molecule has 0 aliphatic carbocycles. The van der Waals surface area contributed by atoms with Crippen molar-refractivity contribution in [3.63, 3.8) is 0 Å². The molecule has 4 nitrogen and oxygen atoms in total. The maximum Gasteiger partial charge on any atom is 0.293 e. The number of hydrogen-bond donors (Lipinski definition) is 0. The molecule has 1 heterocycles. The van der Waals surface area contributed by atoms with Gasteiger partial charge in [-0.1, -0.05) is 78.4 Å². The molecule has 1 aliphatic rings. The lowest BCUT2D eigenvalue weighted by Gasteiger charge is -2.13. The van der Waals surface area contributed by atoms with Crippen LogP contribution in [0.15, 0.2) is 95.9 Å². The van der Waals surface area contributed by atoms with Crippen molar-refractivity contribution in [3.8, 4) is 5.75 Å². The average Bonchev–Trinajstić information content (AvgIpc) is 3.12. The molecule has 1 fully saturated rings. The molecule has 0 atom stereocenters. The van der Waals surface area contributed by atoms with Crippen molar-refractivity contribution in [2.24, 2.45) is 0 Å². The molecule has 0 aromatic heterocycles. The van der Waals surface area contributed by atoms with E-state index in [0.717, 1.165) is 45.0 Å². The van der Waals surface area contributed by atoms with Crippen LogP contribution in [-0.4, -0.2) is 16.0 Å². The number of hydrogen-bond acceptors (Lipinski definition) is 4. The van der Waals surface area contributed by atoms with E-state index in [1.807, 2.05) is 66.7 Å². The van der Waals surface area contributed by atoms with Gasteiger partial charge in [0.05, 0.1) is 11.4 Å². The fraction of sp³-hybridized carbons (Fsp3) is 0.103. The lowest BCUT2D eigenvalue weighted by Crippen LogP contribution is -2.27. The van der Waals surface area contributed by atoms with E-state index in [1.54, 1.807) is 6.08 Å². The topological polar surface area (TPSA) is 46.6 Å². The molecule has 0 spiro atoms. The van der Waals surface area contributed by atoms with Gasteiger partial charge in [0, 0.05) is 0 Å². The van der Waals surface area contributed by atoms with Crippen LogP contribution in [0.25, 0.3) is 16.8 Å². The Morgan fingerprint density at radius 3 is 2.29 bits per heavy atom. The van der Waals surface area contributed by atoms with Gasteiger partial charge >= 0.3 is 0 Å². The Kier molecular flexibility index (Phi) is 6.19. The second kappa shape index (κ2) is 9.57. The molecule has 5 rings (SSSR count). The highest BCUT2D eigenvalue weighted by Crippen LogP contribution is 2.34. The summed E-state index contributed by atoms with van der Waals surface area (Å²) in [6.45, 7) is 2.81. The van der Waals surface area contributed by atoms with Crippen LogP contribution in [0.2, 0.25) is 0 Å². The number of amides is 2. The molecule has 0 radical (unpaired) electrons. The number of benzene rings is 4.